The molecule has 0 radical (unpaired) electrons. The van der Waals surface area contributed by atoms with Crippen LogP contribution >= 0.6 is 0 Å². The molecule has 0 bridgehead atoms. The average Bonchev–Trinajstić information content (AvgIpc) is 3.09. The van der Waals surface area contributed by atoms with Crippen LogP contribution in [0.15, 0.2) is 72.8 Å². The van der Waals surface area contributed by atoms with Crippen LogP contribution < -0.4 is 0 Å². The van der Waals surface area contributed by atoms with Crippen LogP contribution in [0.3, 0.4) is 0 Å². The highest BCUT2D eigenvalue weighted by molar-refractivity contribution is 6.31. The molecule has 3 aromatic rings. The van der Waals surface area contributed by atoms with E-state index < -0.39 is 0 Å². The molecule has 0 atom stereocenters. The highest BCUT2D eigenvalue weighted by atomic mass is 14.3. The number of fused-ring (bicyclic) bond motifs is 5. The number of allylic oxidation sites excluding steroid dienone is 2. The van der Waals surface area contributed by atoms with Gasteiger partial charge in [-0.25, -0.2) is 0 Å². The van der Waals surface area contributed by atoms with Gasteiger partial charge in [0, 0.05) is 0 Å². The summed E-state index contributed by atoms with van der Waals surface area (Å²) in [6.45, 7) is 2.16. The van der Waals surface area contributed by atoms with E-state index in [0.29, 0.717) is 0 Å². The van der Waals surface area contributed by atoms with Crippen molar-refractivity contribution in [2.75, 3.05) is 0 Å². The molecule has 0 aromatic heterocycles. The Labute approximate surface area is 136 Å². The molecule has 0 heteroatoms. The van der Waals surface area contributed by atoms with E-state index in [0.717, 1.165) is 0 Å². The number of hydrogen-bond donors (Lipinski definition) is 0. The minimum absolute atomic E-state index is 1.30. The van der Waals surface area contributed by atoms with Crippen LogP contribution in [0.25, 0.3) is 22.8 Å². The smallest absolute Gasteiger partial charge is 0.00141 e. The minimum Gasteiger partial charge on any atom is -0.0622 e. The predicted octanol–water partition coefficient (Wildman–Crippen LogP) is 5.82. The number of rotatable bonds is 1. The van der Waals surface area contributed by atoms with E-state index in [-0.39, 0.29) is 0 Å². The third kappa shape index (κ3) is 1.72. The lowest BCUT2D eigenvalue weighted by Crippen LogP contribution is -1.89. The van der Waals surface area contributed by atoms with Gasteiger partial charge in [-0.05, 0) is 57.5 Å². The van der Waals surface area contributed by atoms with Crippen LogP contribution in [0, 0.1) is 6.92 Å². The van der Waals surface area contributed by atoms with Crippen molar-refractivity contribution in [3.05, 3.63) is 106 Å². The average molecular weight is 292 g/mol. The van der Waals surface area contributed by atoms with Gasteiger partial charge >= 0.3 is 0 Å². The second-order valence-corrected chi connectivity index (χ2v) is 6.31. The molecule has 0 saturated heterocycles. The Morgan fingerprint density at radius 1 is 0.609 bits per heavy atom. The number of benzene rings is 3. The van der Waals surface area contributed by atoms with Crippen molar-refractivity contribution in [1.29, 1.82) is 0 Å². The topological polar surface area (TPSA) is 0 Å². The number of aryl methyl sites for hydroxylation is 1. The largest absolute Gasteiger partial charge is 0.0622 e. The van der Waals surface area contributed by atoms with Gasteiger partial charge in [-0.3, -0.25) is 0 Å². The van der Waals surface area contributed by atoms with Crippen LogP contribution in [-0.4, -0.2) is 0 Å². The molecule has 0 fully saturated rings. The van der Waals surface area contributed by atoms with Crippen molar-refractivity contribution in [1.82, 2.24) is 0 Å². The molecule has 108 valence electrons. The Bertz CT molecular complexity index is 1000. The Morgan fingerprint density at radius 3 is 2.17 bits per heavy atom. The molecule has 0 saturated carbocycles. The molecule has 0 nitrogen and oxygen atoms in total. The van der Waals surface area contributed by atoms with Crippen LogP contribution in [0.1, 0.15) is 33.4 Å². The van der Waals surface area contributed by atoms with Crippen molar-refractivity contribution in [2.45, 2.75) is 6.92 Å². The third-order valence-electron chi connectivity index (χ3n) is 4.84. The van der Waals surface area contributed by atoms with Crippen LogP contribution in [-0.2, 0) is 0 Å². The first-order chi connectivity index (χ1) is 11.3. The number of hydrogen-bond acceptors (Lipinski definition) is 0. The molecule has 2 aliphatic rings. The van der Waals surface area contributed by atoms with Crippen molar-refractivity contribution >= 4 is 22.8 Å². The lowest BCUT2D eigenvalue weighted by molar-refractivity contribution is 1.45. The molecule has 0 heterocycles. The van der Waals surface area contributed by atoms with Crippen LogP contribution in [0.5, 0.6) is 0 Å². The molecular formula is C23H16. The second-order valence-electron chi connectivity index (χ2n) is 6.31. The maximum absolute atomic E-state index is 2.35. The summed E-state index contributed by atoms with van der Waals surface area (Å²) in [4.78, 5) is 0. The van der Waals surface area contributed by atoms with Crippen molar-refractivity contribution in [3.8, 4) is 0 Å². The molecule has 0 aliphatic heterocycles. The van der Waals surface area contributed by atoms with E-state index in [1.54, 1.807) is 0 Å². The molecule has 23 heavy (non-hydrogen) atoms. The van der Waals surface area contributed by atoms with E-state index in [9.17, 15) is 0 Å². The van der Waals surface area contributed by atoms with Gasteiger partial charge in [0.15, 0.2) is 0 Å². The first-order valence-electron chi connectivity index (χ1n) is 8.05. The van der Waals surface area contributed by atoms with Gasteiger partial charge < -0.3 is 0 Å². The van der Waals surface area contributed by atoms with Gasteiger partial charge in [0.05, 0.1) is 0 Å². The van der Waals surface area contributed by atoms with Gasteiger partial charge in [-0.15, -0.1) is 0 Å². The summed E-state index contributed by atoms with van der Waals surface area (Å²) in [7, 11) is 0. The molecule has 0 unspecified atom stereocenters. The lowest BCUT2D eigenvalue weighted by atomic mass is 9.94. The lowest BCUT2D eigenvalue weighted by Gasteiger charge is -2.09. The zero-order chi connectivity index (χ0) is 15.4. The first-order valence-corrected chi connectivity index (χ1v) is 8.05. The zero-order valence-corrected chi connectivity index (χ0v) is 13.0. The van der Waals surface area contributed by atoms with Gasteiger partial charge in [0.1, 0.15) is 0 Å². The van der Waals surface area contributed by atoms with Crippen molar-refractivity contribution in [3.63, 3.8) is 0 Å². The summed E-state index contributed by atoms with van der Waals surface area (Å²) in [5.41, 5.74) is 12.2. The SMILES string of the molecule is Cc1ccc2c(c1)C=C1C2=C(c2ccccc2)c2ccccc21. The molecule has 5 rings (SSSR count). The normalized spacial score (nSPS) is 14.4. The molecule has 3 aromatic carbocycles. The summed E-state index contributed by atoms with van der Waals surface area (Å²) in [6, 6.07) is 26.3. The summed E-state index contributed by atoms with van der Waals surface area (Å²) in [6.07, 6.45) is 2.35. The Kier molecular flexibility index (Phi) is 2.51. The van der Waals surface area contributed by atoms with E-state index in [1.807, 2.05) is 0 Å². The quantitative estimate of drug-likeness (QED) is 0.530. The fourth-order valence-corrected chi connectivity index (χ4v) is 3.86. The highest BCUT2D eigenvalue weighted by Crippen LogP contribution is 2.53. The van der Waals surface area contributed by atoms with Gasteiger partial charge in [0.25, 0.3) is 0 Å². The fraction of sp³-hybridized carbons (Fsp3) is 0.0435. The highest BCUT2D eigenvalue weighted by Gasteiger charge is 2.32. The zero-order valence-electron chi connectivity index (χ0n) is 13.0. The van der Waals surface area contributed by atoms with Crippen LogP contribution in [0.2, 0.25) is 0 Å². The second kappa shape index (κ2) is 4.57. The maximum atomic E-state index is 2.35. The minimum atomic E-state index is 1.30. The van der Waals surface area contributed by atoms with Gasteiger partial charge in [0.2, 0.25) is 0 Å². The van der Waals surface area contributed by atoms with E-state index in [4.69, 9.17) is 0 Å². The summed E-state index contributed by atoms with van der Waals surface area (Å²) >= 11 is 0. The van der Waals surface area contributed by atoms with Crippen LogP contribution in [0.4, 0.5) is 0 Å². The van der Waals surface area contributed by atoms with Gasteiger partial charge in [-0.1, -0.05) is 78.4 Å². The first kappa shape index (κ1) is 12.7. The Morgan fingerprint density at radius 2 is 1.35 bits per heavy atom. The molecule has 0 N–H and O–H groups in total. The van der Waals surface area contributed by atoms with Gasteiger partial charge in [-0.2, -0.15) is 0 Å². The summed E-state index contributed by atoms with van der Waals surface area (Å²) in [5, 5.41) is 0. The van der Waals surface area contributed by atoms with E-state index in [2.05, 4.69) is 85.8 Å². The Hall–Kier alpha value is -2.86. The molecule has 2 aliphatic carbocycles. The van der Waals surface area contributed by atoms with E-state index in [1.165, 1.54) is 50.1 Å². The third-order valence-corrected chi connectivity index (χ3v) is 4.84. The molecular weight excluding hydrogens is 276 g/mol. The standard InChI is InChI=1S/C23H16/c1-15-11-12-18-17(13-15)14-21-19-9-5-6-10-20(19)22(23(18)21)16-7-3-2-4-8-16/h2-14H,1H3. The monoisotopic (exact) mass is 292 g/mol. The fourth-order valence-electron chi connectivity index (χ4n) is 3.86. The molecule has 0 amide bonds. The van der Waals surface area contributed by atoms with E-state index >= 15 is 0 Å². The summed E-state index contributed by atoms with van der Waals surface area (Å²) < 4.78 is 0. The summed E-state index contributed by atoms with van der Waals surface area (Å²) in [5.74, 6) is 0. The molecule has 0 spiro atoms. The van der Waals surface area contributed by atoms with Crippen molar-refractivity contribution < 1.29 is 0 Å². The predicted molar refractivity (Wildman–Crippen MR) is 97.9 cm³/mol. The van der Waals surface area contributed by atoms with Crippen molar-refractivity contribution in [2.24, 2.45) is 0 Å². The maximum Gasteiger partial charge on any atom is -0.00141 e. The Balaban J connectivity index is 1.88.